The summed E-state index contributed by atoms with van der Waals surface area (Å²) in [7, 11) is 1.57. The van der Waals surface area contributed by atoms with Gasteiger partial charge in [0.2, 0.25) is 5.91 Å². The van der Waals surface area contributed by atoms with Crippen molar-refractivity contribution < 1.29 is 14.4 Å². The molecule has 0 aliphatic carbocycles. The van der Waals surface area contributed by atoms with Gasteiger partial charge in [0.1, 0.15) is 12.1 Å². The highest BCUT2D eigenvalue weighted by atomic mass is 16.2. The normalized spacial score (nSPS) is 17.5. The third-order valence-electron chi connectivity index (χ3n) is 6.36. The van der Waals surface area contributed by atoms with E-state index >= 15 is 0 Å². The number of urea groups is 1. The fraction of sp³-hybridized carbons (Fsp3) is 0.375. The van der Waals surface area contributed by atoms with E-state index in [0.717, 1.165) is 11.3 Å². The summed E-state index contributed by atoms with van der Waals surface area (Å²) < 4.78 is 0. The fourth-order valence-corrected chi connectivity index (χ4v) is 4.54. The van der Waals surface area contributed by atoms with Crippen LogP contribution in [-0.4, -0.2) is 66.5 Å². The number of rotatable bonds is 5. The molecule has 0 saturated carbocycles. The van der Waals surface area contributed by atoms with Gasteiger partial charge in [-0.05, 0) is 30.5 Å². The molecule has 4 rings (SSSR count). The number of nitrogens with zero attached hydrogens (tertiary/aromatic N) is 3. The molecule has 8 heteroatoms. The molecule has 168 valence electrons. The smallest absolute Gasteiger partial charge is 0.317 e. The van der Waals surface area contributed by atoms with Crippen LogP contribution in [0.5, 0.6) is 0 Å². The molecule has 2 aliphatic heterocycles. The van der Waals surface area contributed by atoms with Gasteiger partial charge in [0.25, 0.3) is 5.91 Å². The first kappa shape index (κ1) is 21.7. The SMILES string of the molecule is CNC(=O)CN1CN(c2ccccc2)C2(CCN(C(=O)NCc3ccccc3)CC2)C1=O. The van der Waals surface area contributed by atoms with Crippen molar-refractivity contribution in [1.29, 1.82) is 0 Å². The number of nitrogens with one attached hydrogen (secondary N) is 2. The van der Waals surface area contributed by atoms with E-state index in [1.165, 1.54) is 0 Å². The molecule has 1 spiro atoms. The lowest BCUT2D eigenvalue weighted by molar-refractivity contribution is -0.137. The van der Waals surface area contributed by atoms with Crippen LogP contribution < -0.4 is 15.5 Å². The molecule has 32 heavy (non-hydrogen) atoms. The Morgan fingerprint density at radius 2 is 1.59 bits per heavy atom. The minimum Gasteiger partial charge on any atom is -0.358 e. The quantitative estimate of drug-likeness (QED) is 0.750. The maximum absolute atomic E-state index is 13.5. The Kier molecular flexibility index (Phi) is 6.30. The Labute approximate surface area is 188 Å². The average Bonchev–Trinajstić information content (AvgIpc) is 3.10. The predicted molar refractivity (Wildman–Crippen MR) is 122 cm³/mol. The summed E-state index contributed by atoms with van der Waals surface area (Å²) in [5, 5.41) is 5.56. The molecule has 2 saturated heterocycles. The number of hydrogen-bond acceptors (Lipinski definition) is 4. The first-order valence-corrected chi connectivity index (χ1v) is 10.9. The molecule has 8 nitrogen and oxygen atoms in total. The molecule has 2 fully saturated rings. The predicted octanol–water partition coefficient (Wildman–Crippen LogP) is 1.78. The van der Waals surface area contributed by atoms with Crippen molar-refractivity contribution in [2.24, 2.45) is 0 Å². The lowest BCUT2D eigenvalue weighted by Gasteiger charge is -2.43. The number of likely N-dealkylation sites (N-methyl/N-ethyl adjacent to an activating group) is 1. The zero-order valence-electron chi connectivity index (χ0n) is 18.3. The van der Waals surface area contributed by atoms with Crippen LogP contribution in [0.15, 0.2) is 60.7 Å². The van der Waals surface area contributed by atoms with Gasteiger partial charge in [0.15, 0.2) is 0 Å². The second kappa shape index (κ2) is 9.30. The second-order valence-electron chi connectivity index (χ2n) is 8.24. The molecule has 2 heterocycles. The number of carbonyl (C=O) groups is 3. The molecule has 0 radical (unpaired) electrons. The van der Waals surface area contributed by atoms with Crippen molar-refractivity contribution in [1.82, 2.24) is 20.4 Å². The topological polar surface area (TPSA) is 85.0 Å². The van der Waals surface area contributed by atoms with E-state index in [1.807, 2.05) is 60.7 Å². The summed E-state index contributed by atoms with van der Waals surface area (Å²) in [6.45, 7) is 1.81. The number of benzene rings is 2. The number of piperidine rings is 1. The van der Waals surface area contributed by atoms with E-state index in [1.54, 1.807) is 16.8 Å². The standard InChI is InChI=1S/C24H29N5O3/c1-25-21(30)17-28-18-29(20-10-6-3-7-11-20)24(22(28)31)12-14-27(15-13-24)23(32)26-16-19-8-4-2-5-9-19/h2-11H,12-18H2,1H3,(H,25,30)(H,26,32). The molecule has 0 atom stereocenters. The Balaban J connectivity index is 1.46. The van der Waals surface area contributed by atoms with Crippen LogP contribution in [0.25, 0.3) is 0 Å². The molecule has 2 N–H and O–H groups in total. The Morgan fingerprint density at radius 1 is 0.969 bits per heavy atom. The number of likely N-dealkylation sites (tertiary alicyclic amines) is 1. The van der Waals surface area contributed by atoms with E-state index in [9.17, 15) is 14.4 Å². The lowest BCUT2D eigenvalue weighted by Crippen LogP contribution is -2.58. The number of anilines is 1. The lowest BCUT2D eigenvalue weighted by atomic mass is 9.85. The molecule has 2 aromatic carbocycles. The fourth-order valence-electron chi connectivity index (χ4n) is 4.54. The van der Waals surface area contributed by atoms with Gasteiger partial charge >= 0.3 is 6.03 Å². The number of carbonyl (C=O) groups excluding carboxylic acids is 3. The summed E-state index contributed by atoms with van der Waals surface area (Å²) >= 11 is 0. The molecule has 0 aromatic heterocycles. The largest absolute Gasteiger partial charge is 0.358 e. The monoisotopic (exact) mass is 435 g/mol. The third kappa shape index (κ3) is 4.26. The van der Waals surface area contributed by atoms with Crippen LogP contribution in [0.3, 0.4) is 0 Å². The molecular formula is C24H29N5O3. The molecule has 2 aromatic rings. The maximum atomic E-state index is 13.5. The van der Waals surface area contributed by atoms with Crippen molar-refractivity contribution in [3.63, 3.8) is 0 Å². The summed E-state index contributed by atoms with van der Waals surface area (Å²) in [4.78, 5) is 43.6. The highest BCUT2D eigenvalue weighted by Gasteiger charge is 2.54. The van der Waals surface area contributed by atoms with Gasteiger partial charge in [-0.3, -0.25) is 9.59 Å². The van der Waals surface area contributed by atoms with Crippen LogP contribution >= 0.6 is 0 Å². The highest BCUT2D eigenvalue weighted by Crippen LogP contribution is 2.39. The van der Waals surface area contributed by atoms with Crippen molar-refractivity contribution in [3.05, 3.63) is 66.2 Å². The summed E-state index contributed by atoms with van der Waals surface area (Å²) in [6.07, 6.45) is 1.04. The van der Waals surface area contributed by atoms with Gasteiger partial charge in [0.05, 0.1) is 6.67 Å². The van der Waals surface area contributed by atoms with Crippen molar-refractivity contribution in [2.45, 2.75) is 24.9 Å². The minimum atomic E-state index is -0.744. The van der Waals surface area contributed by atoms with Gasteiger partial charge in [0, 0.05) is 32.4 Å². The maximum Gasteiger partial charge on any atom is 0.317 e. The third-order valence-corrected chi connectivity index (χ3v) is 6.36. The van der Waals surface area contributed by atoms with Crippen LogP contribution in [-0.2, 0) is 16.1 Å². The Bertz CT molecular complexity index is 958. The Morgan fingerprint density at radius 3 is 2.22 bits per heavy atom. The summed E-state index contributed by atoms with van der Waals surface area (Å²) in [5.74, 6) is -0.240. The number of para-hydroxylation sites is 1. The summed E-state index contributed by atoms with van der Waals surface area (Å²) in [6, 6.07) is 19.5. The van der Waals surface area contributed by atoms with Crippen molar-refractivity contribution >= 4 is 23.5 Å². The zero-order chi connectivity index (χ0) is 22.6. The van der Waals surface area contributed by atoms with Crippen LogP contribution in [0.2, 0.25) is 0 Å². The van der Waals surface area contributed by atoms with Gasteiger partial charge in [-0.25, -0.2) is 4.79 Å². The summed E-state index contributed by atoms with van der Waals surface area (Å²) in [5.41, 5.74) is 1.24. The van der Waals surface area contributed by atoms with E-state index in [-0.39, 0.29) is 24.4 Å². The molecular weight excluding hydrogens is 406 g/mol. The van der Waals surface area contributed by atoms with E-state index < -0.39 is 5.54 Å². The molecule has 4 amide bonds. The van der Waals surface area contributed by atoms with E-state index in [4.69, 9.17) is 0 Å². The number of hydrogen-bond donors (Lipinski definition) is 2. The molecule has 0 bridgehead atoms. The van der Waals surface area contributed by atoms with Gasteiger partial charge in [-0.15, -0.1) is 0 Å². The average molecular weight is 436 g/mol. The highest BCUT2D eigenvalue weighted by molar-refractivity contribution is 5.96. The van der Waals surface area contributed by atoms with Crippen molar-refractivity contribution in [2.75, 3.05) is 38.3 Å². The number of amides is 4. The van der Waals surface area contributed by atoms with Crippen LogP contribution in [0, 0.1) is 0 Å². The van der Waals surface area contributed by atoms with Crippen molar-refractivity contribution in [3.8, 4) is 0 Å². The van der Waals surface area contributed by atoms with Gasteiger partial charge < -0.3 is 25.3 Å². The molecule has 2 aliphatic rings. The first-order chi connectivity index (χ1) is 15.5. The van der Waals surface area contributed by atoms with E-state index in [2.05, 4.69) is 15.5 Å². The van der Waals surface area contributed by atoms with Crippen LogP contribution in [0.1, 0.15) is 18.4 Å². The van der Waals surface area contributed by atoms with Gasteiger partial charge in [-0.1, -0.05) is 48.5 Å². The first-order valence-electron chi connectivity index (χ1n) is 10.9. The zero-order valence-corrected chi connectivity index (χ0v) is 18.3. The van der Waals surface area contributed by atoms with Crippen LogP contribution in [0.4, 0.5) is 10.5 Å². The van der Waals surface area contributed by atoms with Gasteiger partial charge in [-0.2, -0.15) is 0 Å². The van der Waals surface area contributed by atoms with E-state index in [0.29, 0.717) is 39.1 Å². The second-order valence-corrected chi connectivity index (χ2v) is 8.24. The molecule has 0 unspecified atom stereocenters. The minimum absolute atomic E-state index is 0.0295. The Hall–Kier alpha value is -3.55.